The van der Waals surface area contributed by atoms with Crippen molar-refractivity contribution in [3.05, 3.63) is 53.1 Å². The van der Waals surface area contributed by atoms with Crippen LogP contribution in [-0.4, -0.2) is 8.07 Å². The van der Waals surface area contributed by atoms with E-state index in [1.807, 2.05) is 0 Å². The molecular weight excluding hydrogens is 256 g/mol. The van der Waals surface area contributed by atoms with Gasteiger partial charge in [-0.05, 0) is 55.9 Å². The second-order valence-electron chi connectivity index (χ2n) is 6.99. The molecule has 0 aromatic heterocycles. The Bertz CT molecular complexity index is 548. The molecular formula is C19H25Si. The van der Waals surface area contributed by atoms with Crippen molar-refractivity contribution in [2.45, 2.75) is 51.7 Å². The van der Waals surface area contributed by atoms with Gasteiger partial charge in [-0.2, -0.15) is 0 Å². The number of hydrogen-bond donors (Lipinski definition) is 0. The maximum Gasteiger partial charge on any atom is 0.0815 e. The molecule has 3 rings (SSSR count). The summed E-state index contributed by atoms with van der Waals surface area (Å²) in [5.41, 5.74) is 4.87. The van der Waals surface area contributed by atoms with Crippen molar-refractivity contribution in [2.75, 3.05) is 0 Å². The van der Waals surface area contributed by atoms with E-state index in [-0.39, 0.29) is 0 Å². The number of allylic oxidation sites excluding steroid dienone is 4. The molecule has 0 amide bonds. The summed E-state index contributed by atoms with van der Waals surface area (Å²) >= 11 is 0. The van der Waals surface area contributed by atoms with Crippen LogP contribution in [-0.2, 0) is 0 Å². The van der Waals surface area contributed by atoms with Crippen LogP contribution in [0.5, 0.6) is 0 Å². The van der Waals surface area contributed by atoms with E-state index in [1.54, 1.807) is 16.3 Å². The Labute approximate surface area is 124 Å². The lowest BCUT2D eigenvalue weighted by atomic mass is 9.88. The van der Waals surface area contributed by atoms with Crippen LogP contribution in [0.4, 0.5) is 0 Å². The van der Waals surface area contributed by atoms with Crippen LogP contribution in [0.25, 0.3) is 0 Å². The number of hydrogen-bond acceptors (Lipinski definition) is 0. The predicted octanol–water partition coefficient (Wildman–Crippen LogP) is 4.85. The van der Waals surface area contributed by atoms with Crippen molar-refractivity contribution in [3.63, 3.8) is 0 Å². The average molecular weight is 281 g/mol. The standard InChI is InChI=1S/C19H25Si/c1-15-13-16(19-12-8-7-11-18(15)19)14-20(2,3)17-9-5-4-6-10-17/h4-6,9-10,16H,7-8,11-12,14H2,1-3H3. The summed E-state index contributed by atoms with van der Waals surface area (Å²) in [7, 11) is -1.36. The molecule has 2 aliphatic carbocycles. The van der Waals surface area contributed by atoms with Crippen LogP contribution < -0.4 is 5.19 Å². The van der Waals surface area contributed by atoms with E-state index in [2.05, 4.69) is 56.4 Å². The first kappa shape index (κ1) is 13.9. The van der Waals surface area contributed by atoms with Crippen molar-refractivity contribution in [3.8, 4) is 0 Å². The van der Waals surface area contributed by atoms with Gasteiger partial charge in [-0.25, -0.2) is 0 Å². The fraction of sp³-hybridized carbons (Fsp3) is 0.474. The molecule has 0 fully saturated rings. The van der Waals surface area contributed by atoms with Crippen molar-refractivity contribution in [2.24, 2.45) is 5.92 Å². The Hall–Kier alpha value is -1.08. The molecule has 0 N–H and O–H groups in total. The molecule has 0 heterocycles. The molecule has 0 saturated carbocycles. The summed E-state index contributed by atoms with van der Waals surface area (Å²) in [4.78, 5) is 0. The molecule has 1 aromatic carbocycles. The molecule has 1 heteroatoms. The van der Waals surface area contributed by atoms with Gasteiger partial charge in [0.15, 0.2) is 0 Å². The third kappa shape index (κ3) is 2.56. The fourth-order valence-electron chi connectivity index (χ4n) is 3.87. The zero-order valence-electron chi connectivity index (χ0n) is 13.0. The molecule has 0 aliphatic heterocycles. The minimum atomic E-state index is -1.36. The van der Waals surface area contributed by atoms with Gasteiger partial charge in [-0.1, -0.05) is 54.2 Å². The quantitative estimate of drug-likeness (QED) is 0.695. The molecule has 0 bridgehead atoms. The lowest BCUT2D eigenvalue weighted by Gasteiger charge is -2.28. The summed E-state index contributed by atoms with van der Waals surface area (Å²) in [6.45, 7) is 7.30. The highest BCUT2D eigenvalue weighted by molar-refractivity contribution is 6.89. The normalized spacial score (nSPS) is 22.8. The molecule has 20 heavy (non-hydrogen) atoms. The maximum absolute atomic E-state index is 3.80. The Kier molecular flexibility index (Phi) is 3.72. The number of benzene rings is 1. The van der Waals surface area contributed by atoms with Crippen LogP contribution >= 0.6 is 0 Å². The Morgan fingerprint density at radius 1 is 1.10 bits per heavy atom. The minimum Gasteiger partial charge on any atom is -0.0654 e. The van der Waals surface area contributed by atoms with Crippen LogP contribution in [0.2, 0.25) is 19.1 Å². The molecule has 105 valence electrons. The Morgan fingerprint density at radius 3 is 2.55 bits per heavy atom. The van der Waals surface area contributed by atoms with Crippen LogP contribution in [0, 0.1) is 12.0 Å². The van der Waals surface area contributed by atoms with E-state index >= 15 is 0 Å². The zero-order chi connectivity index (χ0) is 14.2. The molecule has 0 nitrogen and oxygen atoms in total. The summed E-state index contributed by atoms with van der Waals surface area (Å²) < 4.78 is 0. The largest absolute Gasteiger partial charge is 0.0815 e. The van der Waals surface area contributed by atoms with Gasteiger partial charge in [0.25, 0.3) is 0 Å². The lowest BCUT2D eigenvalue weighted by molar-refractivity contribution is 0.637. The van der Waals surface area contributed by atoms with Gasteiger partial charge in [-0.15, -0.1) is 0 Å². The van der Waals surface area contributed by atoms with Crippen LogP contribution in [0.3, 0.4) is 0 Å². The van der Waals surface area contributed by atoms with Crippen molar-refractivity contribution in [1.82, 2.24) is 0 Å². The summed E-state index contributed by atoms with van der Waals surface area (Å²) in [6.07, 6.45) is 9.19. The van der Waals surface area contributed by atoms with Gasteiger partial charge in [0, 0.05) is 5.92 Å². The highest BCUT2D eigenvalue weighted by Crippen LogP contribution is 2.42. The van der Waals surface area contributed by atoms with Crippen molar-refractivity contribution < 1.29 is 0 Å². The average Bonchev–Trinajstić information content (AvgIpc) is 2.76. The molecule has 0 spiro atoms. The topological polar surface area (TPSA) is 0 Å². The molecule has 1 radical (unpaired) electrons. The molecule has 1 unspecified atom stereocenters. The predicted molar refractivity (Wildman–Crippen MR) is 89.8 cm³/mol. The molecule has 2 aliphatic rings. The maximum atomic E-state index is 3.80. The summed E-state index contributed by atoms with van der Waals surface area (Å²) in [5, 5.41) is 1.59. The van der Waals surface area contributed by atoms with Gasteiger partial charge < -0.3 is 0 Å². The van der Waals surface area contributed by atoms with Gasteiger partial charge in [0.1, 0.15) is 0 Å². The van der Waals surface area contributed by atoms with Gasteiger partial charge in [-0.3, -0.25) is 0 Å². The lowest BCUT2D eigenvalue weighted by Crippen LogP contribution is -2.42. The van der Waals surface area contributed by atoms with E-state index in [0.29, 0.717) is 5.92 Å². The van der Waals surface area contributed by atoms with E-state index in [1.165, 1.54) is 37.3 Å². The zero-order valence-corrected chi connectivity index (χ0v) is 14.0. The smallest absolute Gasteiger partial charge is 0.0654 e. The molecule has 1 atom stereocenters. The first-order chi connectivity index (χ1) is 9.58. The highest BCUT2D eigenvalue weighted by Gasteiger charge is 2.33. The van der Waals surface area contributed by atoms with Gasteiger partial charge in [0.2, 0.25) is 0 Å². The van der Waals surface area contributed by atoms with E-state index < -0.39 is 8.07 Å². The second-order valence-corrected chi connectivity index (χ2v) is 11.7. The summed E-state index contributed by atoms with van der Waals surface area (Å²) in [6, 6.07) is 12.5. The molecule has 0 saturated heterocycles. The highest BCUT2D eigenvalue weighted by atomic mass is 28.3. The third-order valence-corrected chi connectivity index (χ3v) is 8.37. The van der Waals surface area contributed by atoms with Gasteiger partial charge in [0.05, 0.1) is 8.07 Å². The van der Waals surface area contributed by atoms with Crippen molar-refractivity contribution in [1.29, 1.82) is 0 Å². The van der Waals surface area contributed by atoms with Crippen LogP contribution in [0.1, 0.15) is 32.6 Å². The Balaban J connectivity index is 1.83. The summed E-state index contributed by atoms with van der Waals surface area (Å²) in [5.74, 6) is 0.618. The van der Waals surface area contributed by atoms with Crippen LogP contribution in [0.15, 0.2) is 47.1 Å². The van der Waals surface area contributed by atoms with Gasteiger partial charge >= 0.3 is 0 Å². The number of rotatable bonds is 3. The Morgan fingerprint density at radius 2 is 1.80 bits per heavy atom. The van der Waals surface area contributed by atoms with Crippen molar-refractivity contribution >= 4 is 13.3 Å². The van der Waals surface area contributed by atoms with E-state index in [0.717, 1.165) is 0 Å². The van der Waals surface area contributed by atoms with E-state index in [4.69, 9.17) is 0 Å². The first-order valence-electron chi connectivity index (χ1n) is 7.96. The first-order valence-corrected chi connectivity index (χ1v) is 11.2. The molecule has 1 aromatic rings. The third-order valence-electron chi connectivity index (χ3n) is 5.04. The SMILES string of the molecule is CC1=[C]C(C[Si](C)(C)c2ccccc2)C2=C1CCCC2. The second kappa shape index (κ2) is 5.36. The monoisotopic (exact) mass is 281 g/mol. The minimum absolute atomic E-state index is 0.618. The fourth-order valence-corrected chi connectivity index (χ4v) is 6.57. The van der Waals surface area contributed by atoms with E-state index in [9.17, 15) is 0 Å².